The van der Waals surface area contributed by atoms with E-state index in [1.807, 2.05) is 6.21 Å². The lowest BCUT2D eigenvalue weighted by Gasteiger charge is -2.14. The van der Waals surface area contributed by atoms with E-state index < -0.39 is 0 Å². The summed E-state index contributed by atoms with van der Waals surface area (Å²) in [6.07, 6.45) is 3.75. The summed E-state index contributed by atoms with van der Waals surface area (Å²) in [5, 5.41) is 11.2. The van der Waals surface area contributed by atoms with Gasteiger partial charge in [-0.25, -0.2) is 0 Å². The van der Waals surface area contributed by atoms with Crippen molar-refractivity contribution in [2.45, 2.75) is 12.8 Å². The zero-order valence-corrected chi connectivity index (χ0v) is 5.70. The van der Waals surface area contributed by atoms with Crippen molar-refractivity contribution in [3.63, 3.8) is 0 Å². The molecule has 0 aromatic heterocycles. The zero-order chi connectivity index (χ0) is 7.40. The molecule has 0 fully saturated rings. The van der Waals surface area contributed by atoms with Crippen LogP contribution >= 0.6 is 0 Å². The highest BCUT2D eigenvalue weighted by Crippen LogP contribution is 2.10. The molecule has 0 spiro atoms. The second-order valence-corrected chi connectivity index (χ2v) is 2.35. The second kappa shape index (κ2) is 3.20. The Hall–Kier alpha value is -1.06. The number of hydrogen-bond acceptors (Lipinski definition) is 3. The first-order chi connectivity index (χ1) is 4.84. The first-order valence-corrected chi connectivity index (χ1v) is 3.30. The molecule has 4 heteroatoms. The van der Waals surface area contributed by atoms with Crippen molar-refractivity contribution < 1.29 is 5.21 Å². The molecule has 1 heterocycles. The van der Waals surface area contributed by atoms with Crippen molar-refractivity contribution in [3.8, 4) is 0 Å². The molecule has 3 N–H and O–H groups in total. The summed E-state index contributed by atoms with van der Waals surface area (Å²) in [4.78, 5) is 4.03. The Morgan fingerprint density at radius 2 is 2.60 bits per heavy atom. The molecule has 0 aromatic carbocycles. The highest BCUT2D eigenvalue weighted by Gasteiger charge is 2.14. The van der Waals surface area contributed by atoms with E-state index in [1.54, 1.807) is 0 Å². The quantitative estimate of drug-likeness (QED) is 0.237. The molecular weight excluding hydrogens is 130 g/mol. The van der Waals surface area contributed by atoms with Crippen LogP contribution in [-0.4, -0.2) is 23.8 Å². The van der Waals surface area contributed by atoms with Crippen LogP contribution in [0.3, 0.4) is 0 Å². The van der Waals surface area contributed by atoms with E-state index in [0.717, 1.165) is 12.8 Å². The van der Waals surface area contributed by atoms with Crippen LogP contribution < -0.4 is 5.73 Å². The minimum Gasteiger partial charge on any atom is -0.409 e. The molecule has 0 radical (unpaired) electrons. The minimum atomic E-state index is 0.148. The van der Waals surface area contributed by atoms with Crippen LogP contribution in [0.15, 0.2) is 10.1 Å². The van der Waals surface area contributed by atoms with Gasteiger partial charge in [0.05, 0.1) is 0 Å². The van der Waals surface area contributed by atoms with Gasteiger partial charge in [-0.1, -0.05) is 5.16 Å². The van der Waals surface area contributed by atoms with Crippen molar-refractivity contribution in [2.24, 2.45) is 21.8 Å². The van der Waals surface area contributed by atoms with Gasteiger partial charge >= 0.3 is 0 Å². The van der Waals surface area contributed by atoms with Crippen molar-refractivity contribution >= 4 is 12.1 Å². The molecule has 1 aliphatic heterocycles. The van der Waals surface area contributed by atoms with E-state index >= 15 is 0 Å². The number of hydrogen-bond donors (Lipinski definition) is 2. The van der Waals surface area contributed by atoms with Gasteiger partial charge in [-0.15, -0.1) is 0 Å². The highest BCUT2D eigenvalue weighted by atomic mass is 16.4. The molecule has 0 bridgehead atoms. The van der Waals surface area contributed by atoms with Crippen molar-refractivity contribution in [2.75, 3.05) is 6.54 Å². The summed E-state index contributed by atoms with van der Waals surface area (Å²) in [5.74, 6) is 0.451. The number of nitrogens with zero attached hydrogens (tertiary/aromatic N) is 2. The Kier molecular flexibility index (Phi) is 2.25. The van der Waals surface area contributed by atoms with E-state index in [0.29, 0.717) is 12.4 Å². The van der Waals surface area contributed by atoms with Gasteiger partial charge in [0.15, 0.2) is 0 Å². The molecule has 0 saturated heterocycles. The maximum absolute atomic E-state index is 8.30. The average Bonchev–Trinajstić information content (AvgIpc) is 2.05. The number of oxime groups is 1. The fraction of sp³-hybridized carbons (Fsp3) is 0.667. The fourth-order valence-electron chi connectivity index (χ4n) is 0.983. The topological polar surface area (TPSA) is 71.0 Å². The molecule has 1 unspecified atom stereocenters. The summed E-state index contributed by atoms with van der Waals surface area (Å²) in [6, 6.07) is 0. The lowest BCUT2D eigenvalue weighted by Crippen LogP contribution is -2.27. The predicted molar refractivity (Wildman–Crippen MR) is 39.5 cm³/mol. The standard InChI is InChI=1S/C6H11N3O/c7-6(9-10)5-2-1-3-8-4-5/h3,5,10H,1-2,4H2,(H2,7,9). The summed E-state index contributed by atoms with van der Waals surface area (Å²) in [5.41, 5.74) is 5.37. The molecule has 1 aliphatic rings. The van der Waals surface area contributed by atoms with Crippen LogP contribution in [0.5, 0.6) is 0 Å². The molecule has 56 valence electrons. The van der Waals surface area contributed by atoms with Crippen molar-refractivity contribution in [1.29, 1.82) is 0 Å². The molecular formula is C6H11N3O. The summed E-state index contributed by atoms with van der Waals surface area (Å²) in [7, 11) is 0. The zero-order valence-electron chi connectivity index (χ0n) is 5.70. The molecule has 4 nitrogen and oxygen atoms in total. The molecule has 1 rings (SSSR count). The van der Waals surface area contributed by atoms with Gasteiger partial charge in [0.2, 0.25) is 0 Å². The van der Waals surface area contributed by atoms with E-state index in [2.05, 4.69) is 10.1 Å². The Morgan fingerprint density at radius 1 is 1.80 bits per heavy atom. The number of amidine groups is 1. The average molecular weight is 141 g/mol. The van der Waals surface area contributed by atoms with E-state index in [-0.39, 0.29) is 5.92 Å². The number of rotatable bonds is 1. The molecule has 1 atom stereocenters. The lowest BCUT2D eigenvalue weighted by molar-refractivity contribution is 0.313. The molecule has 0 amide bonds. The van der Waals surface area contributed by atoms with Gasteiger partial charge < -0.3 is 10.9 Å². The summed E-state index contributed by atoms with van der Waals surface area (Å²) >= 11 is 0. The number of nitrogens with two attached hydrogens (primary N) is 1. The van der Waals surface area contributed by atoms with Crippen molar-refractivity contribution in [3.05, 3.63) is 0 Å². The van der Waals surface area contributed by atoms with Crippen LogP contribution in [0, 0.1) is 5.92 Å². The lowest BCUT2D eigenvalue weighted by atomic mass is 10.0. The van der Waals surface area contributed by atoms with Crippen LogP contribution in [0.1, 0.15) is 12.8 Å². The molecule has 0 saturated carbocycles. The van der Waals surface area contributed by atoms with Gasteiger partial charge in [-0.3, -0.25) is 4.99 Å². The predicted octanol–water partition coefficient (Wildman–Crippen LogP) is 0.214. The third-order valence-corrected chi connectivity index (χ3v) is 1.63. The maximum atomic E-state index is 8.30. The van der Waals surface area contributed by atoms with Gasteiger partial charge in [0, 0.05) is 12.5 Å². The van der Waals surface area contributed by atoms with Gasteiger partial charge in [0.1, 0.15) is 5.84 Å². The van der Waals surface area contributed by atoms with Crippen LogP contribution in [-0.2, 0) is 0 Å². The Bertz CT molecular complexity index is 164. The first kappa shape index (κ1) is 7.05. The first-order valence-electron chi connectivity index (χ1n) is 3.30. The monoisotopic (exact) mass is 141 g/mol. The highest BCUT2D eigenvalue weighted by molar-refractivity contribution is 5.83. The maximum Gasteiger partial charge on any atom is 0.144 e. The van der Waals surface area contributed by atoms with Gasteiger partial charge in [-0.05, 0) is 19.1 Å². The minimum absolute atomic E-state index is 0.148. The molecule has 0 aliphatic carbocycles. The van der Waals surface area contributed by atoms with Crippen LogP contribution in [0.4, 0.5) is 0 Å². The largest absolute Gasteiger partial charge is 0.409 e. The van der Waals surface area contributed by atoms with Gasteiger partial charge in [-0.2, -0.15) is 0 Å². The Morgan fingerprint density at radius 3 is 3.10 bits per heavy atom. The number of aliphatic imine (C=N–C) groups is 1. The van der Waals surface area contributed by atoms with E-state index in [4.69, 9.17) is 10.9 Å². The van der Waals surface area contributed by atoms with Crippen LogP contribution in [0.2, 0.25) is 0 Å². The Labute approximate surface area is 59.4 Å². The van der Waals surface area contributed by atoms with E-state index in [9.17, 15) is 0 Å². The summed E-state index contributed by atoms with van der Waals surface area (Å²) in [6.45, 7) is 0.663. The third kappa shape index (κ3) is 1.46. The second-order valence-electron chi connectivity index (χ2n) is 2.35. The Balaban J connectivity index is 2.49. The molecule has 10 heavy (non-hydrogen) atoms. The fourth-order valence-corrected chi connectivity index (χ4v) is 0.983. The SMILES string of the molecule is NC(=NO)C1CCC=NC1. The molecule has 0 aromatic rings. The van der Waals surface area contributed by atoms with Crippen LogP contribution in [0.25, 0.3) is 0 Å². The smallest absolute Gasteiger partial charge is 0.144 e. The van der Waals surface area contributed by atoms with Crippen molar-refractivity contribution in [1.82, 2.24) is 0 Å². The summed E-state index contributed by atoms with van der Waals surface area (Å²) < 4.78 is 0. The van der Waals surface area contributed by atoms with E-state index in [1.165, 1.54) is 0 Å². The van der Waals surface area contributed by atoms with Gasteiger partial charge in [0.25, 0.3) is 0 Å². The third-order valence-electron chi connectivity index (χ3n) is 1.63. The normalized spacial score (nSPS) is 26.8.